The van der Waals surface area contributed by atoms with Gasteiger partial charge in [-0.1, -0.05) is 0 Å². The fraction of sp³-hybridized carbons (Fsp3) is 1.00. The topological polar surface area (TPSA) is 104 Å². The lowest BCUT2D eigenvalue weighted by atomic mass is 10.3. The van der Waals surface area contributed by atoms with Crippen LogP contribution in [0.5, 0.6) is 0 Å². The molecule has 0 aromatic heterocycles. The molecular formula is C7H22N4. The lowest BCUT2D eigenvalue weighted by molar-refractivity contribution is 0.755. The van der Waals surface area contributed by atoms with E-state index in [1.165, 1.54) is 0 Å². The van der Waals surface area contributed by atoms with Gasteiger partial charge in [0.05, 0.1) is 0 Å². The van der Waals surface area contributed by atoms with Crippen molar-refractivity contribution in [3.05, 3.63) is 0 Å². The Labute approximate surface area is 69.3 Å². The second-order valence-electron chi connectivity index (χ2n) is 2.22. The summed E-state index contributed by atoms with van der Waals surface area (Å²) in [6.07, 6.45) is 3.08. The van der Waals surface area contributed by atoms with E-state index >= 15 is 0 Å². The largest absolute Gasteiger partial charge is 0.330 e. The van der Waals surface area contributed by atoms with Gasteiger partial charge in [-0.25, -0.2) is 0 Å². The average molecular weight is 162 g/mol. The highest BCUT2D eigenvalue weighted by Crippen LogP contribution is 1.77. The van der Waals surface area contributed by atoms with E-state index in [0.717, 1.165) is 45.4 Å². The van der Waals surface area contributed by atoms with Crippen LogP contribution in [-0.2, 0) is 0 Å². The Hall–Kier alpha value is -0.160. The first-order valence-corrected chi connectivity index (χ1v) is 4.13. The first-order valence-electron chi connectivity index (χ1n) is 4.13. The van der Waals surface area contributed by atoms with Crippen LogP contribution >= 0.6 is 0 Å². The van der Waals surface area contributed by atoms with Crippen LogP contribution in [-0.4, -0.2) is 26.2 Å². The van der Waals surface area contributed by atoms with E-state index < -0.39 is 0 Å². The monoisotopic (exact) mass is 162 g/mol. The van der Waals surface area contributed by atoms with Crippen molar-refractivity contribution in [3.8, 4) is 0 Å². The highest BCUT2D eigenvalue weighted by molar-refractivity contribution is 4.38. The number of nitrogens with two attached hydrogens (primary N) is 4. The van der Waals surface area contributed by atoms with Crippen molar-refractivity contribution in [1.29, 1.82) is 0 Å². The molecule has 4 heteroatoms. The second kappa shape index (κ2) is 16.4. The maximum Gasteiger partial charge on any atom is -0.00653 e. The van der Waals surface area contributed by atoms with Crippen molar-refractivity contribution in [1.82, 2.24) is 0 Å². The fourth-order valence-corrected chi connectivity index (χ4v) is 0.407. The van der Waals surface area contributed by atoms with Gasteiger partial charge >= 0.3 is 0 Å². The van der Waals surface area contributed by atoms with Crippen molar-refractivity contribution >= 4 is 0 Å². The zero-order valence-electron chi connectivity index (χ0n) is 7.26. The molecule has 0 fully saturated rings. The Morgan fingerprint density at radius 2 is 0.727 bits per heavy atom. The molecule has 0 bridgehead atoms. The van der Waals surface area contributed by atoms with E-state index in [2.05, 4.69) is 0 Å². The van der Waals surface area contributed by atoms with E-state index in [1.807, 2.05) is 0 Å². The summed E-state index contributed by atoms with van der Waals surface area (Å²) in [5, 5.41) is 0. The van der Waals surface area contributed by atoms with Crippen molar-refractivity contribution in [3.63, 3.8) is 0 Å². The number of rotatable bonds is 5. The molecule has 0 heterocycles. The molecule has 8 N–H and O–H groups in total. The second-order valence-corrected chi connectivity index (χ2v) is 2.22. The van der Waals surface area contributed by atoms with Crippen molar-refractivity contribution < 1.29 is 0 Å². The maximum atomic E-state index is 5.16. The molecule has 0 unspecified atom stereocenters. The summed E-state index contributed by atoms with van der Waals surface area (Å²) in [7, 11) is 0. The number of unbranched alkanes of at least 4 members (excludes halogenated alkanes) is 1. The van der Waals surface area contributed by atoms with E-state index in [-0.39, 0.29) is 0 Å². The molecule has 0 spiro atoms. The van der Waals surface area contributed by atoms with E-state index in [1.54, 1.807) is 0 Å². The molecule has 0 aromatic rings. The average Bonchev–Trinajstić information content (AvgIpc) is 2.04. The van der Waals surface area contributed by atoms with E-state index in [4.69, 9.17) is 22.9 Å². The SMILES string of the molecule is NCCCCN.NCCCN. The molecule has 0 atom stereocenters. The minimum absolute atomic E-state index is 0.719. The standard InChI is InChI=1S/C4H12N2.C3H10N2/c5-3-1-2-4-6;4-2-1-3-5/h1-6H2;1-5H2. The summed E-state index contributed by atoms with van der Waals surface area (Å²) in [5.74, 6) is 0. The lowest BCUT2D eigenvalue weighted by Crippen LogP contribution is -2.06. The lowest BCUT2D eigenvalue weighted by Gasteiger charge is -1.87. The zero-order valence-corrected chi connectivity index (χ0v) is 7.26. The van der Waals surface area contributed by atoms with Gasteiger partial charge in [0, 0.05) is 0 Å². The summed E-state index contributed by atoms with van der Waals surface area (Å²) < 4.78 is 0. The minimum Gasteiger partial charge on any atom is -0.330 e. The molecule has 0 aromatic carbocycles. The van der Waals surface area contributed by atoms with Crippen LogP contribution in [0.4, 0.5) is 0 Å². The van der Waals surface area contributed by atoms with Gasteiger partial charge in [-0.15, -0.1) is 0 Å². The van der Waals surface area contributed by atoms with Gasteiger partial charge < -0.3 is 22.9 Å². The minimum atomic E-state index is 0.719. The van der Waals surface area contributed by atoms with Crippen LogP contribution in [0.2, 0.25) is 0 Å². The Morgan fingerprint density at radius 1 is 0.455 bits per heavy atom. The molecule has 0 saturated carbocycles. The van der Waals surface area contributed by atoms with Crippen LogP contribution in [0.3, 0.4) is 0 Å². The molecule has 0 saturated heterocycles. The first-order chi connectivity index (χ1) is 5.33. The quantitative estimate of drug-likeness (QED) is 0.388. The molecule has 70 valence electrons. The van der Waals surface area contributed by atoms with Gasteiger partial charge in [0.15, 0.2) is 0 Å². The molecule has 0 radical (unpaired) electrons. The third-order valence-corrected chi connectivity index (χ3v) is 1.07. The van der Waals surface area contributed by atoms with Crippen LogP contribution in [0.25, 0.3) is 0 Å². The Bertz CT molecular complexity index is 43.7. The van der Waals surface area contributed by atoms with Crippen molar-refractivity contribution in [2.24, 2.45) is 22.9 Å². The number of hydrogen-bond donors (Lipinski definition) is 4. The molecule has 4 nitrogen and oxygen atoms in total. The van der Waals surface area contributed by atoms with Gasteiger partial charge in [-0.05, 0) is 45.4 Å². The van der Waals surface area contributed by atoms with E-state index in [0.29, 0.717) is 0 Å². The molecule has 0 amide bonds. The fourth-order valence-electron chi connectivity index (χ4n) is 0.407. The predicted octanol–water partition coefficient (Wildman–Crippen LogP) is -1.02. The Kier molecular flexibility index (Phi) is 20.1. The van der Waals surface area contributed by atoms with Crippen LogP contribution in [0, 0.1) is 0 Å². The van der Waals surface area contributed by atoms with Crippen molar-refractivity contribution in [2.45, 2.75) is 19.3 Å². The molecule has 0 aliphatic rings. The normalized spacial score (nSPS) is 8.73. The van der Waals surface area contributed by atoms with Crippen LogP contribution in [0.15, 0.2) is 0 Å². The summed E-state index contributed by atoms with van der Waals surface area (Å²) in [5.41, 5.74) is 20.4. The molecule has 0 aliphatic heterocycles. The molecule has 11 heavy (non-hydrogen) atoms. The zero-order chi connectivity index (χ0) is 8.95. The van der Waals surface area contributed by atoms with Gasteiger partial charge in [0.1, 0.15) is 0 Å². The third kappa shape index (κ3) is 25.8. The molecule has 0 rings (SSSR count). The summed E-state index contributed by atoms with van der Waals surface area (Å²) >= 11 is 0. The van der Waals surface area contributed by atoms with Gasteiger partial charge in [0.2, 0.25) is 0 Å². The predicted molar refractivity (Wildman–Crippen MR) is 50.1 cm³/mol. The van der Waals surface area contributed by atoms with Gasteiger partial charge in [-0.3, -0.25) is 0 Å². The Morgan fingerprint density at radius 3 is 0.818 bits per heavy atom. The highest BCUT2D eigenvalue weighted by atomic mass is 14.6. The number of hydrogen-bond acceptors (Lipinski definition) is 4. The van der Waals surface area contributed by atoms with Gasteiger partial charge in [0.25, 0.3) is 0 Å². The van der Waals surface area contributed by atoms with E-state index in [9.17, 15) is 0 Å². The molecule has 0 aliphatic carbocycles. The highest BCUT2D eigenvalue weighted by Gasteiger charge is 1.75. The smallest absolute Gasteiger partial charge is 0.00653 e. The van der Waals surface area contributed by atoms with Crippen LogP contribution < -0.4 is 22.9 Å². The summed E-state index contributed by atoms with van der Waals surface area (Å²) in [6.45, 7) is 2.99. The summed E-state index contributed by atoms with van der Waals surface area (Å²) in [4.78, 5) is 0. The maximum absolute atomic E-state index is 5.16. The van der Waals surface area contributed by atoms with Gasteiger partial charge in [-0.2, -0.15) is 0 Å². The van der Waals surface area contributed by atoms with Crippen molar-refractivity contribution in [2.75, 3.05) is 26.2 Å². The summed E-state index contributed by atoms with van der Waals surface area (Å²) in [6, 6.07) is 0. The first kappa shape index (κ1) is 13.4. The van der Waals surface area contributed by atoms with Crippen LogP contribution in [0.1, 0.15) is 19.3 Å². The Balaban J connectivity index is 0. The molecular weight excluding hydrogens is 140 g/mol. The third-order valence-electron chi connectivity index (χ3n) is 1.07.